The summed E-state index contributed by atoms with van der Waals surface area (Å²) in [6.07, 6.45) is 0. The molecule has 0 amide bonds. The Hall–Kier alpha value is -16.3. The minimum absolute atomic E-state index is 0.496. The highest BCUT2D eigenvalue weighted by Crippen LogP contribution is 2.51. The zero-order chi connectivity index (χ0) is 77.2. The third kappa shape index (κ3) is 11.5. The van der Waals surface area contributed by atoms with Crippen LogP contribution in [0, 0.1) is 22.7 Å². The molecule has 0 unspecified atom stereocenters. The first-order chi connectivity index (χ1) is 57.5. The SMILES string of the molecule is N#Cc1cc(-c2nc(-c3ccccc3)nc(-c3ccccc3)n2)ccc1-c1c2c(cc3c4ccccc4n(-c4ccccc4)c13)c1ccccc1n2-c1ccccc1.N#Cc1cc(-c2nc(-c3ccccc3)nc(-c3ccccc3)n2)ccc1-c1c2c3ccccc3n(-c3ccccc3)c2cc2c1c1ccccc1n2-c1ccccc1. The topological polar surface area (TPSA) is 145 Å². The van der Waals surface area contributed by atoms with E-state index in [4.69, 9.17) is 29.9 Å². The molecule has 0 spiro atoms. The van der Waals surface area contributed by atoms with Gasteiger partial charge in [0.05, 0.1) is 67.4 Å². The van der Waals surface area contributed by atoms with Crippen LogP contribution in [-0.4, -0.2) is 48.2 Å². The summed E-state index contributed by atoms with van der Waals surface area (Å²) in [6, 6.07) is 138. The molecule has 12 heteroatoms. The van der Waals surface area contributed by atoms with Gasteiger partial charge in [-0.15, -0.1) is 0 Å². The second-order valence-electron chi connectivity index (χ2n) is 28.7. The minimum atomic E-state index is 0.496. The predicted molar refractivity (Wildman–Crippen MR) is 470 cm³/mol. The summed E-state index contributed by atoms with van der Waals surface area (Å²) in [7, 11) is 0. The van der Waals surface area contributed by atoms with E-state index < -0.39 is 0 Å². The molecule has 22 rings (SSSR count). The molecule has 0 radical (unpaired) electrons. The first-order valence-electron chi connectivity index (χ1n) is 38.5. The summed E-state index contributed by atoms with van der Waals surface area (Å²) in [4.78, 5) is 29.8. The van der Waals surface area contributed by atoms with Crippen LogP contribution in [0.5, 0.6) is 0 Å². The van der Waals surface area contributed by atoms with E-state index in [1.807, 2.05) is 170 Å². The Bertz CT molecular complexity index is 7290. The second-order valence-corrected chi connectivity index (χ2v) is 28.7. The molecule has 16 aromatic carbocycles. The zero-order valence-corrected chi connectivity index (χ0v) is 62.3. The Labute approximate surface area is 666 Å². The van der Waals surface area contributed by atoms with Gasteiger partial charge in [0, 0.05) is 121 Å². The number of hydrogen-bond acceptors (Lipinski definition) is 8. The van der Waals surface area contributed by atoms with Gasteiger partial charge in [-0.25, -0.2) is 29.9 Å². The van der Waals surface area contributed by atoms with Gasteiger partial charge in [-0.2, -0.15) is 10.5 Å². The first-order valence-corrected chi connectivity index (χ1v) is 38.5. The van der Waals surface area contributed by atoms with E-state index in [-0.39, 0.29) is 0 Å². The van der Waals surface area contributed by atoms with Gasteiger partial charge in [0.1, 0.15) is 0 Å². The quantitative estimate of drug-likeness (QED) is 0.118. The Kier molecular flexibility index (Phi) is 16.7. The van der Waals surface area contributed by atoms with Gasteiger partial charge in [-0.3, -0.25) is 0 Å². The average Bonchev–Trinajstić information content (AvgIpc) is 1.54. The van der Waals surface area contributed by atoms with Crippen LogP contribution in [0.4, 0.5) is 0 Å². The van der Waals surface area contributed by atoms with E-state index in [9.17, 15) is 10.5 Å². The van der Waals surface area contributed by atoms with Crippen LogP contribution in [0.3, 0.4) is 0 Å². The van der Waals surface area contributed by atoms with E-state index in [0.717, 1.165) is 166 Å². The average molecular weight is 1480 g/mol. The van der Waals surface area contributed by atoms with Crippen molar-refractivity contribution in [3.05, 3.63) is 399 Å². The van der Waals surface area contributed by atoms with Crippen LogP contribution in [-0.2, 0) is 0 Å². The van der Waals surface area contributed by atoms with Crippen molar-refractivity contribution in [2.24, 2.45) is 0 Å². The molecular weight excluding hydrogens is 1420 g/mol. The molecule has 0 N–H and O–H groups in total. The molecule has 0 aliphatic rings. The number of nitrogens with zero attached hydrogens (tertiary/aromatic N) is 12. The van der Waals surface area contributed by atoms with E-state index in [0.29, 0.717) is 46.1 Å². The van der Waals surface area contributed by atoms with E-state index in [1.165, 1.54) is 0 Å². The predicted octanol–water partition coefficient (Wildman–Crippen LogP) is 25.2. The van der Waals surface area contributed by atoms with Crippen molar-refractivity contribution < 1.29 is 0 Å². The van der Waals surface area contributed by atoms with Crippen LogP contribution < -0.4 is 0 Å². The molecule has 0 aliphatic heterocycles. The molecule has 0 bridgehead atoms. The Morgan fingerprint density at radius 1 is 0.198 bits per heavy atom. The van der Waals surface area contributed by atoms with Crippen LogP contribution >= 0.6 is 0 Å². The number of hydrogen-bond donors (Lipinski definition) is 0. The number of rotatable bonds is 12. The van der Waals surface area contributed by atoms with Crippen molar-refractivity contribution >= 4 is 87.2 Å². The van der Waals surface area contributed by atoms with Crippen molar-refractivity contribution in [2.75, 3.05) is 0 Å². The van der Waals surface area contributed by atoms with Crippen molar-refractivity contribution in [3.8, 4) is 125 Å². The maximum atomic E-state index is 11.2. The lowest BCUT2D eigenvalue weighted by Gasteiger charge is -2.17. The van der Waals surface area contributed by atoms with Gasteiger partial charge < -0.3 is 18.3 Å². The Balaban J connectivity index is 0.000000145. The Morgan fingerprint density at radius 3 is 0.776 bits per heavy atom. The van der Waals surface area contributed by atoms with Crippen molar-refractivity contribution in [1.29, 1.82) is 10.5 Å². The van der Waals surface area contributed by atoms with Crippen LogP contribution in [0.25, 0.3) is 201 Å². The first kappa shape index (κ1) is 67.8. The standard InChI is InChI=1S/2C52H32N6/c53-33-37-31-36(52-55-50(34-17-5-1-6-18-34)54-51(56-52)35-19-7-2-8-20-35)29-30-40(37)47-48-43(41-25-13-15-27-45(41)57(48)38-21-9-3-10-22-38)32-44-42-26-14-16-28-46(42)58(49(44)47)39-23-11-4-12-24-39;53-33-37-31-36(52-55-50(34-17-5-1-6-18-34)54-51(56-52)35-19-7-2-8-20-35)29-30-40(37)49-47-41-25-13-15-27-43(41)57(38-21-9-3-10-22-38)45(47)32-46-48(49)42-26-14-16-28-44(42)58(46)39-23-11-4-12-24-39/h2*1-32H. The highest BCUT2D eigenvalue weighted by Gasteiger charge is 2.29. The Morgan fingerprint density at radius 2 is 0.457 bits per heavy atom. The van der Waals surface area contributed by atoms with Gasteiger partial charge in [-0.1, -0.05) is 291 Å². The lowest BCUT2D eigenvalue weighted by molar-refractivity contribution is 1.07. The van der Waals surface area contributed by atoms with Gasteiger partial charge in [0.15, 0.2) is 34.9 Å². The molecule has 6 aromatic heterocycles. The van der Waals surface area contributed by atoms with Crippen LogP contribution in [0.1, 0.15) is 11.1 Å². The number of para-hydroxylation sites is 8. The van der Waals surface area contributed by atoms with Crippen molar-refractivity contribution in [3.63, 3.8) is 0 Å². The molecule has 0 saturated heterocycles. The number of benzene rings is 16. The van der Waals surface area contributed by atoms with Crippen molar-refractivity contribution in [2.45, 2.75) is 0 Å². The van der Waals surface area contributed by atoms with Gasteiger partial charge in [0.25, 0.3) is 0 Å². The molecule has 0 fully saturated rings. The van der Waals surface area contributed by atoms with Gasteiger partial charge in [-0.05, 0) is 97.1 Å². The van der Waals surface area contributed by atoms with Crippen LogP contribution in [0.2, 0.25) is 0 Å². The third-order valence-electron chi connectivity index (χ3n) is 22.0. The number of nitriles is 2. The lowest BCUT2D eigenvalue weighted by Crippen LogP contribution is -2.02. The fourth-order valence-corrected chi connectivity index (χ4v) is 16.9. The zero-order valence-electron chi connectivity index (χ0n) is 62.3. The molecule has 116 heavy (non-hydrogen) atoms. The van der Waals surface area contributed by atoms with E-state index in [2.05, 4.69) is 249 Å². The largest absolute Gasteiger partial charge is 0.309 e. The summed E-state index contributed by atoms with van der Waals surface area (Å²) in [6.45, 7) is 0. The minimum Gasteiger partial charge on any atom is -0.309 e. The van der Waals surface area contributed by atoms with E-state index in [1.54, 1.807) is 0 Å². The highest BCUT2D eigenvalue weighted by molar-refractivity contribution is 6.29. The molecule has 0 aliphatic carbocycles. The summed E-state index contributed by atoms with van der Waals surface area (Å²) in [5.41, 5.74) is 22.5. The molecular formula is C104H64N12. The smallest absolute Gasteiger partial charge is 0.164 e. The fourth-order valence-electron chi connectivity index (χ4n) is 16.9. The summed E-state index contributed by atoms with van der Waals surface area (Å²) >= 11 is 0. The fraction of sp³-hybridized carbons (Fsp3) is 0. The second kappa shape index (κ2) is 28.5. The molecule has 22 aromatic rings. The lowest BCUT2D eigenvalue weighted by atomic mass is 9.90. The maximum absolute atomic E-state index is 11.2. The summed E-state index contributed by atoms with van der Waals surface area (Å²) in [5.74, 6) is 3.27. The summed E-state index contributed by atoms with van der Waals surface area (Å²) < 4.78 is 9.40. The maximum Gasteiger partial charge on any atom is 0.164 e. The monoisotopic (exact) mass is 1480 g/mol. The highest BCUT2D eigenvalue weighted by atomic mass is 15.1. The van der Waals surface area contributed by atoms with Crippen molar-refractivity contribution in [1.82, 2.24) is 48.2 Å². The van der Waals surface area contributed by atoms with Gasteiger partial charge >= 0.3 is 0 Å². The molecule has 6 heterocycles. The van der Waals surface area contributed by atoms with Gasteiger partial charge in [0.2, 0.25) is 0 Å². The van der Waals surface area contributed by atoms with E-state index >= 15 is 0 Å². The molecule has 12 nitrogen and oxygen atoms in total. The normalized spacial score (nSPS) is 11.4. The number of aromatic nitrogens is 10. The van der Waals surface area contributed by atoms with Crippen LogP contribution in [0.15, 0.2) is 388 Å². The third-order valence-corrected chi connectivity index (χ3v) is 22.0. The number of fused-ring (bicyclic) bond motifs is 12. The molecule has 540 valence electrons. The summed E-state index contributed by atoms with van der Waals surface area (Å²) in [5, 5.41) is 31.2. The molecule has 0 saturated carbocycles. The molecule has 0 atom stereocenters.